The van der Waals surface area contributed by atoms with E-state index in [1.54, 1.807) is 36.4 Å². The largest absolute Gasteiger partial charge is 0.541 e. The molecule has 0 heterocycles. The zero-order chi connectivity index (χ0) is 19.7. The first-order chi connectivity index (χ1) is 13.7. The van der Waals surface area contributed by atoms with Crippen molar-refractivity contribution in [2.24, 2.45) is 0 Å². The number of unbranched alkanes of at least 4 members (excludes halogenated alkanes) is 1. The Kier molecular flexibility index (Phi) is 6.99. The lowest BCUT2D eigenvalue weighted by molar-refractivity contribution is 0.309. The van der Waals surface area contributed by atoms with Crippen LogP contribution < -0.4 is 18.9 Å². The summed E-state index contributed by atoms with van der Waals surface area (Å²) in [5.74, 6) is 1.60. The minimum absolute atomic E-state index is 0.449. The van der Waals surface area contributed by atoms with E-state index >= 15 is 0 Å². The Morgan fingerprint density at radius 3 is 1.93 bits per heavy atom. The fraction of sp³-hybridized carbons (Fsp3) is 0.182. The molecule has 3 aromatic rings. The van der Waals surface area contributed by atoms with Crippen LogP contribution in [0.1, 0.15) is 19.8 Å². The molecule has 5 nitrogen and oxygen atoms in total. The van der Waals surface area contributed by atoms with Crippen molar-refractivity contribution in [2.75, 3.05) is 11.7 Å². The predicted octanol–water partition coefficient (Wildman–Crippen LogP) is 6.54. The van der Waals surface area contributed by atoms with E-state index in [-0.39, 0.29) is 0 Å². The normalized spacial score (nSPS) is 10.9. The van der Waals surface area contributed by atoms with Crippen molar-refractivity contribution in [3.8, 4) is 17.2 Å². The van der Waals surface area contributed by atoms with Gasteiger partial charge >= 0.3 is 7.75 Å². The fourth-order valence-electron chi connectivity index (χ4n) is 2.45. The van der Waals surface area contributed by atoms with Crippen LogP contribution in [0.3, 0.4) is 0 Å². The summed E-state index contributed by atoms with van der Waals surface area (Å²) in [4.78, 5) is 0. The fourth-order valence-corrected chi connectivity index (χ4v) is 3.83. The van der Waals surface area contributed by atoms with Gasteiger partial charge in [-0.15, -0.1) is 0 Å². The molecule has 6 heteroatoms. The Morgan fingerprint density at radius 1 is 0.786 bits per heavy atom. The van der Waals surface area contributed by atoms with Crippen molar-refractivity contribution in [1.82, 2.24) is 0 Å². The molecule has 0 aromatic heterocycles. The predicted molar refractivity (Wildman–Crippen MR) is 112 cm³/mol. The maximum absolute atomic E-state index is 13.5. The molecule has 1 N–H and O–H groups in total. The average molecular weight is 397 g/mol. The molecular weight excluding hydrogens is 373 g/mol. The summed E-state index contributed by atoms with van der Waals surface area (Å²) >= 11 is 0. The number of rotatable bonds is 10. The second kappa shape index (κ2) is 9.86. The number of nitrogens with one attached hydrogen (secondary N) is 1. The number of benzene rings is 3. The van der Waals surface area contributed by atoms with E-state index in [1.165, 1.54) is 0 Å². The lowest BCUT2D eigenvalue weighted by atomic mass is 10.3. The van der Waals surface area contributed by atoms with E-state index in [4.69, 9.17) is 13.8 Å². The maximum atomic E-state index is 13.5. The third-order valence-corrected chi connectivity index (χ3v) is 5.24. The molecule has 0 saturated heterocycles. The highest BCUT2D eigenvalue weighted by Gasteiger charge is 2.29. The molecule has 28 heavy (non-hydrogen) atoms. The molecule has 0 saturated carbocycles. The minimum Gasteiger partial charge on any atom is -0.494 e. The highest BCUT2D eigenvalue weighted by molar-refractivity contribution is 7.56. The molecular formula is C22H24NO4P. The van der Waals surface area contributed by atoms with Gasteiger partial charge in [-0.05, 0) is 42.8 Å². The Balaban J connectivity index is 1.80. The number of para-hydroxylation sites is 2. The number of hydrogen-bond donors (Lipinski definition) is 1. The highest BCUT2D eigenvalue weighted by atomic mass is 31.2. The topological polar surface area (TPSA) is 56.8 Å². The van der Waals surface area contributed by atoms with E-state index in [0.29, 0.717) is 29.5 Å². The van der Waals surface area contributed by atoms with Gasteiger partial charge in [0.15, 0.2) is 0 Å². The molecule has 146 valence electrons. The second-order valence-electron chi connectivity index (χ2n) is 6.15. The first-order valence-corrected chi connectivity index (χ1v) is 10.8. The van der Waals surface area contributed by atoms with Crippen LogP contribution in [0.5, 0.6) is 17.2 Å². The summed E-state index contributed by atoms with van der Waals surface area (Å²) in [5, 5.41) is 2.91. The van der Waals surface area contributed by atoms with Crippen LogP contribution in [0.25, 0.3) is 0 Å². The third kappa shape index (κ3) is 6.07. The van der Waals surface area contributed by atoms with Gasteiger partial charge in [-0.3, -0.25) is 5.09 Å². The zero-order valence-electron chi connectivity index (χ0n) is 15.8. The molecule has 0 bridgehead atoms. The van der Waals surface area contributed by atoms with Gasteiger partial charge in [0.05, 0.1) is 6.61 Å². The van der Waals surface area contributed by atoms with Crippen LogP contribution in [0.15, 0.2) is 84.9 Å². The van der Waals surface area contributed by atoms with E-state index in [1.807, 2.05) is 48.5 Å². The summed E-state index contributed by atoms with van der Waals surface area (Å²) in [6.07, 6.45) is 2.04. The monoisotopic (exact) mass is 397 g/mol. The standard InChI is InChI=1S/C22H24NO4P/c1-2-3-17-25-22-16-10-11-19(18-22)23-28(24,26-20-12-6-4-7-13-20)27-21-14-8-5-9-15-21/h4-16,18H,2-3,17H2,1H3,(H,23,24). The molecule has 0 unspecified atom stereocenters. The second-order valence-corrected chi connectivity index (χ2v) is 7.73. The van der Waals surface area contributed by atoms with Crippen molar-refractivity contribution >= 4 is 13.4 Å². The lowest BCUT2D eigenvalue weighted by Crippen LogP contribution is -2.10. The highest BCUT2D eigenvalue weighted by Crippen LogP contribution is 2.48. The molecule has 0 amide bonds. The van der Waals surface area contributed by atoms with E-state index in [9.17, 15) is 4.57 Å². The van der Waals surface area contributed by atoms with Crippen LogP contribution in [-0.2, 0) is 4.57 Å². The summed E-state index contributed by atoms with van der Waals surface area (Å²) in [6, 6.07) is 25.2. The number of hydrogen-bond acceptors (Lipinski definition) is 4. The van der Waals surface area contributed by atoms with Gasteiger partial charge in [-0.1, -0.05) is 55.8 Å². The van der Waals surface area contributed by atoms with Gasteiger partial charge in [-0.2, -0.15) is 0 Å². The van der Waals surface area contributed by atoms with Gasteiger partial charge < -0.3 is 13.8 Å². The van der Waals surface area contributed by atoms with Gasteiger partial charge in [0.1, 0.15) is 17.2 Å². The van der Waals surface area contributed by atoms with Crippen molar-refractivity contribution in [1.29, 1.82) is 0 Å². The van der Waals surface area contributed by atoms with Crippen LogP contribution in [0.4, 0.5) is 5.69 Å². The van der Waals surface area contributed by atoms with Crippen LogP contribution in [-0.4, -0.2) is 6.61 Å². The molecule has 0 aliphatic carbocycles. The van der Waals surface area contributed by atoms with Gasteiger partial charge in [0, 0.05) is 11.8 Å². The molecule has 0 spiro atoms. The first-order valence-electron chi connectivity index (χ1n) is 9.27. The van der Waals surface area contributed by atoms with E-state index < -0.39 is 7.75 Å². The Morgan fingerprint density at radius 2 is 1.36 bits per heavy atom. The molecule has 0 fully saturated rings. The quantitative estimate of drug-likeness (QED) is 0.311. The SMILES string of the molecule is CCCCOc1cccc(NP(=O)(Oc2ccccc2)Oc2ccccc2)c1. The van der Waals surface area contributed by atoms with Crippen LogP contribution in [0, 0.1) is 0 Å². The third-order valence-electron chi connectivity index (χ3n) is 3.80. The van der Waals surface area contributed by atoms with Crippen molar-refractivity contribution in [2.45, 2.75) is 19.8 Å². The maximum Gasteiger partial charge on any atom is 0.541 e. The van der Waals surface area contributed by atoms with Gasteiger partial charge in [0.2, 0.25) is 0 Å². The summed E-state index contributed by atoms with van der Waals surface area (Å²) in [7, 11) is -3.74. The minimum atomic E-state index is -3.74. The zero-order valence-corrected chi connectivity index (χ0v) is 16.7. The summed E-state index contributed by atoms with van der Waals surface area (Å²) in [6.45, 7) is 2.75. The number of ether oxygens (including phenoxy) is 1. The molecule has 0 atom stereocenters. The Bertz CT molecular complexity index is 857. The van der Waals surface area contributed by atoms with Crippen molar-refractivity contribution in [3.63, 3.8) is 0 Å². The Labute approximate surface area is 165 Å². The Hall–Kier alpha value is -2.91. The smallest absolute Gasteiger partial charge is 0.494 e. The molecule has 0 radical (unpaired) electrons. The van der Waals surface area contributed by atoms with Crippen LogP contribution in [0.2, 0.25) is 0 Å². The number of anilines is 1. The van der Waals surface area contributed by atoms with Gasteiger partial charge in [-0.25, -0.2) is 4.57 Å². The molecule has 3 rings (SSSR count). The van der Waals surface area contributed by atoms with E-state index in [2.05, 4.69) is 12.0 Å². The van der Waals surface area contributed by atoms with E-state index in [0.717, 1.165) is 12.8 Å². The van der Waals surface area contributed by atoms with Crippen LogP contribution >= 0.6 is 7.75 Å². The van der Waals surface area contributed by atoms with Crippen molar-refractivity contribution in [3.05, 3.63) is 84.9 Å². The summed E-state index contributed by atoms with van der Waals surface area (Å²) < 4.78 is 30.7. The average Bonchev–Trinajstić information content (AvgIpc) is 2.70. The van der Waals surface area contributed by atoms with Gasteiger partial charge in [0.25, 0.3) is 0 Å². The van der Waals surface area contributed by atoms with Crippen molar-refractivity contribution < 1.29 is 18.3 Å². The molecule has 0 aliphatic heterocycles. The lowest BCUT2D eigenvalue weighted by Gasteiger charge is -2.21. The molecule has 3 aromatic carbocycles. The summed E-state index contributed by atoms with van der Waals surface area (Å²) in [5.41, 5.74) is 0.587. The molecule has 0 aliphatic rings. The first kappa shape index (κ1) is 19.8.